The molecule has 0 spiro atoms. The van der Waals surface area contributed by atoms with Crippen molar-refractivity contribution in [3.8, 4) is 0 Å². The second-order valence-electron chi connectivity index (χ2n) is 6.32. The molecule has 1 unspecified atom stereocenters. The number of rotatable bonds is 4. The van der Waals surface area contributed by atoms with E-state index in [1.165, 1.54) is 4.31 Å². The van der Waals surface area contributed by atoms with Crippen molar-refractivity contribution < 1.29 is 13.2 Å². The molecule has 126 valence electrons. The molecule has 0 radical (unpaired) electrons. The van der Waals surface area contributed by atoms with Crippen molar-refractivity contribution in [2.45, 2.75) is 37.6 Å². The number of benzene rings is 2. The summed E-state index contributed by atoms with van der Waals surface area (Å²) in [6.45, 7) is 4.26. The molecule has 1 aliphatic rings. The Morgan fingerprint density at radius 3 is 2.08 bits per heavy atom. The van der Waals surface area contributed by atoms with E-state index in [1.807, 2.05) is 26.0 Å². The topological polar surface area (TPSA) is 54.5 Å². The number of carbonyl (C=O) groups excluding carboxylic acids is 1. The summed E-state index contributed by atoms with van der Waals surface area (Å²) in [7, 11) is -3.65. The van der Waals surface area contributed by atoms with Crippen LogP contribution in [0.4, 0.5) is 0 Å². The molecule has 1 saturated heterocycles. The van der Waals surface area contributed by atoms with Gasteiger partial charge in [-0.05, 0) is 38.8 Å². The monoisotopic (exact) mass is 343 g/mol. The molecule has 0 aliphatic carbocycles. The molecule has 1 aliphatic heterocycles. The van der Waals surface area contributed by atoms with Crippen molar-refractivity contribution in [2.24, 2.45) is 0 Å². The van der Waals surface area contributed by atoms with E-state index < -0.39 is 16.1 Å². The summed E-state index contributed by atoms with van der Waals surface area (Å²) in [5, 5.41) is 0. The van der Waals surface area contributed by atoms with Gasteiger partial charge in [0.05, 0.1) is 10.9 Å². The highest BCUT2D eigenvalue weighted by Crippen LogP contribution is 2.28. The largest absolute Gasteiger partial charge is 0.292 e. The first-order valence-electron chi connectivity index (χ1n) is 8.09. The van der Waals surface area contributed by atoms with Gasteiger partial charge >= 0.3 is 0 Å². The van der Waals surface area contributed by atoms with Crippen molar-refractivity contribution in [3.05, 3.63) is 65.2 Å². The molecule has 0 N–H and O–H groups in total. The Hall–Kier alpha value is -1.98. The van der Waals surface area contributed by atoms with Gasteiger partial charge in [0.15, 0.2) is 5.78 Å². The molecule has 1 fully saturated rings. The maximum atomic E-state index is 12.9. The molecule has 2 aromatic rings. The third-order valence-corrected chi connectivity index (χ3v) is 6.39. The molecule has 0 bridgehead atoms. The molecule has 1 heterocycles. The van der Waals surface area contributed by atoms with Gasteiger partial charge in [-0.1, -0.05) is 47.5 Å². The standard InChI is InChI=1S/C19H21NO3S/c1-14-5-9-16(10-6-14)19(21)18-4-3-13-20(18)24(22,23)17-11-7-15(2)8-12-17/h5-12,18H,3-4,13H2,1-2H3. The van der Waals surface area contributed by atoms with E-state index in [-0.39, 0.29) is 10.7 Å². The number of aryl methyl sites for hydroxylation is 2. The van der Waals surface area contributed by atoms with Crippen LogP contribution >= 0.6 is 0 Å². The van der Waals surface area contributed by atoms with E-state index >= 15 is 0 Å². The Labute approximate surface area is 143 Å². The van der Waals surface area contributed by atoms with Gasteiger partial charge in [-0.2, -0.15) is 4.31 Å². The van der Waals surface area contributed by atoms with Crippen molar-refractivity contribution >= 4 is 15.8 Å². The van der Waals surface area contributed by atoms with Crippen LogP contribution in [-0.4, -0.2) is 31.1 Å². The summed E-state index contributed by atoms with van der Waals surface area (Å²) in [6, 6.07) is 13.5. The van der Waals surface area contributed by atoms with Gasteiger partial charge in [0, 0.05) is 12.1 Å². The molecule has 0 aromatic heterocycles. The molecule has 5 heteroatoms. The predicted molar refractivity (Wildman–Crippen MR) is 93.6 cm³/mol. The quantitative estimate of drug-likeness (QED) is 0.800. The summed E-state index contributed by atoms with van der Waals surface area (Å²) >= 11 is 0. The van der Waals surface area contributed by atoms with Gasteiger partial charge in [0.25, 0.3) is 0 Å². The Balaban J connectivity index is 1.91. The number of Topliss-reactive ketones (excluding diaryl/α,β-unsaturated/α-hetero) is 1. The summed E-state index contributed by atoms with van der Waals surface area (Å²) in [6.07, 6.45) is 1.27. The first kappa shape index (κ1) is 16.9. The lowest BCUT2D eigenvalue weighted by Gasteiger charge is -2.23. The summed E-state index contributed by atoms with van der Waals surface area (Å²) in [4.78, 5) is 13.0. The number of carbonyl (C=O) groups is 1. The highest BCUT2D eigenvalue weighted by atomic mass is 32.2. The molecular formula is C19H21NO3S. The van der Waals surface area contributed by atoms with Crippen molar-refractivity contribution in [2.75, 3.05) is 6.54 Å². The molecular weight excluding hydrogens is 322 g/mol. The van der Waals surface area contributed by atoms with E-state index in [0.717, 1.165) is 11.1 Å². The van der Waals surface area contributed by atoms with E-state index in [2.05, 4.69) is 0 Å². The summed E-state index contributed by atoms with van der Waals surface area (Å²) in [5.41, 5.74) is 2.64. The fourth-order valence-electron chi connectivity index (χ4n) is 3.05. The first-order valence-corrected chi connectivity index (χ1v) is 9.53. The third kappa shape index (κ3) is 3.14. The van der Waals surface area contributed by atoms with Crippen LogP contribution in [-0.2, 0) is 10.0 Å². The lowest BCUT2D eigenvalue weighted by atomic mass is 10.0. The van der Waals surface area contributed by atoms with Crippen LogP contribution in [0, 0.1) is 13.8 Å². The minimum absolute atomic E-state index is 0.122. The number of hydrogen-bond donors (Lipinski definition) is 0. The van der Waals surface area contributed by atoms with Crippen LogP contribution in [0.15, 0.2) is 53.4 Å². The second-order valence-corrected chi connectivity index (χ2v) is 8.21. The zero-order valence-corrected chi connectivity index (χ0v) is 14.7. The normalized spacial score (nSPS) is 18.7. The van der Waals surface area contributed by atoms with Gasteiger partial charge in [0.1, 0.15) is 0 Å². The van der Waals surface area contributed by atoms with Crippen LogP contribution in [0.2, 0.25) is 0 Å². The molecule has 0 saturated carbocycles. The van der Waals surface area contributed by atoms with Crippen LogP contribution in [0.3, 0.4) is 0 Å². The first-order chi connectivity index (χ1) is 11.4. The van der Waals surface area contributed by atoms with E-state index in [1.54, 1.807) is 36.4 Å². The zero-order chi connectivity index (χ0) is 17.3. The number of hydrogen-bond acceptors (Lipinski definition) is 3. The Morgan fingerprint density at radius 2 is 1.50 bits per heavy atom. The fourth-order valence-corrected chi connectivity index (χ4v) is 4.70. The van der Waals surface area contributed by atoms with Gasteiger partial charge < -0.3 is 0 Å². The highest BCUT2D eigenvalue weighted by Gasteiger charge is 2.39. The van der Waals surface area contributed by atoms with E-state index in [0.29, 0.717) is 24.9 Å². The van der Waals surface area contributed by atoms with E-state index in [9.17, 15) is 13.2 Å². The molecule has 3 rings (SSSR count). The summed E-state index contributed by atoms with van der Waals surface area (Å²) < 4.78 is 27.2. The van der Waals surface area contributed by atoms with Crippen molar-refractivity contribution in [3.63, 3.8) is 0 Å². The van der Waals surface area contributed by atoms with Gasteiger partial charge in [-0.15, -0.1) is 0 Å². The highest BCUT2D eigenvalue weighted by molar-refractivity contribution is 7.89. The maximum Gasteiger partial charge on any atom is 0.243 e. The average molecular weight is 343 g/mol. The van der Waals surface area contributed by atoms with Crippen molar-refractivity contribution in [1.29, 1.82) is 0 Å². The maximum absolute atomic E-state index is 12.9. The van der Waals surface area contributed by atoms with Gasteiger partial charge in [-0.25, -0.2) is 8.42 Å². The third-order valence-electron chi connectivity index (χ3n) is 4.47. The second kappa shape index (κ2) is 6.49. The predicted octanol–water partition coefficient (Wildman–Crippen LogP) is 3.34. The summed E-state index contributed by atoms with van der Waals surface area (Å²) in [5.74, 6) is -0.122. The zero-order valence-electron chi connectivity index (χ0n) is 13.9. The Bertz CT molecular complexity index is 839. The van der Waals surface area contributed by atoms with E-state index in [4.69, 9.17) is 0 Å². The van der Waals surface area contributed by atoms with Crippen LogP contribution in [0.1, 0.15) is 34.3 Å². The van der Waals surface area contributed by atoms with Crippen molar-refractivity contribution in [1.82, 2.24) is 4.31 Å². The molecule has 2 aromatic carbocycles. The Kier molecular flexibility index (Phi) is 4.56. The molecule has 24 heavy (non-hydrogen) atoms. The van der Waals surface area contributed by atoms with Crippen LogP contribution in [0.5, 0.6) is 0 Å². The van der Waals surface area contributed by atoms with Crippen LogP contribution in [0.25, 0.3) is 0 Å². The molecule has 0 amide bonds. The Morgan fingerprint density at radius 1 is 0.958 bits per heavy atom. The fraction of sp³-hybridized carbons (Fsp3) is 0.316. The molecule has 1 atom stereocenters. The SMILES string of the molecule is Cc1ccc(C(=O)C2CCCN2S(=O)(=O)c2ccc(C)cc2)cc1. The number of nitrogens with zero attached hydrogens (tertiary/aromatic N) is 1. The minimum atomic E-state index is -3.65. The van der Waals surface area contributed by atoms with Gasteiger partial charge in [0.2, 0.25) is 10.0 Å². The number of ketones is 1. The lowest BCUT2D eigenvalue weighted by molar-refractivity contribution is 0.0918. The minimum Gasteiger partial charge on any atom is -0.292 e. The number of sulfonamides is 1. The average Bonchev–Trinajstić information content (AvgIpc) is 3.06. The molecule has 4 nitrogen and oxygen atoms in total. The smallest absolute Gasteiger partial charge is 0.243 e. The van der Waals surface area contributed by atoms with Gasteiger partial charge in [-0.3, -0.25) is 4.79 Å². The van der Waals surface area contributed by atoms with Crippen LogP contribution < -0.4 is 0 Å². The lowest BCUT2D eigenvalue weighted by Crippen LogP contribution is -2.40.